The van der Waals surface area contributed by atoms with E-state index in [1.54, 1.807) is 0 Å². The van der Waals surface area contributed by atoms with Crippen molar-refractivity contribution in [3.63, 3.8) is 0 Å². The van der Waals surface area contributed by atoms with Crippen molar-refractivity contribution in [2.24, 2.45) is 5.41 Å². The molecule has 2 heteroatoms. The summed E-state index contributed by atoms with van der Waals surface area (Å²) >= 11 is 4.69. The molecule has 0 aliphatic heterocycles. The molecule has 1 aliphatic rings. The minimum atomic E-state index is 0.445. The largest absolute Gasteiger partial charge is 0.296 e. The monoisotopic (exact) mass is 291 g/mol. The van der Waals surface area contributed by atoms with Crippen LogP contribution in [0.2, 0.25) is 0 Å². The van der Waals surface area contributed by atoms with Crippen LogP contribution in [-0.4, -0.2) is 23.2 Å². The summed E-state index contributed by atoms with van der Waals surface area (Å²) < 4.78 is 0. The maximum atomic E-state index is 4.69. The minimum Gasteiger partial charge on any atom is -0.296 e. The van der Waals surface area contributed by atoms with Gasteiger partial charge in [-0.05, 0) is 43.4 Å². The van der Waals surface area contributed by atoms with Crippen LogP contribution in [0, 0.1) is 5.41 Å². The zero-order valence-electron chi connectivity index (χ0n) is 13.0. The van der Waals surface area contributed by atoms with Crippen LogP contribution in [0.4, 0.5) is 0 Å². The smallest absolute Gasteiger partial charge is 0.0236 e. The predicted molar refractivity (Wildman–Crippen MR) is 91.4 cm³/mol. The van der Waals surface area contributed by atoms with E-state index in [2.05, 4.69) is 49.1 Å². The van der Waals surface area contributed by atoms with E-state index in [9.17, 15) is 0 Å². The second-order valence-corrected chi connectivity index (χ2v) is 7.02. The van der Waals surface area contributed by atoms with E-state index < -0.39 is 0 Å². The van der Waals surface area contributed by atoms with Gasteiger partial charge in [-0.15, -0.1) is 0 Å². The van der Waals surface area contributed by atoms with E-state index in [0.717, 1.165) is 12.3 Å². The molecule has 0 amide bonds. The molecule has 1 saturated carbocycles. The van der Waals surface area contributed by atoms with Gasteiger partial charge in [0.2, 0.25) is 0 Å². The van der Waals surface area contributed by atoms with E-state index in [0.29, 0.717) is 11.5 Å². The van der Waals surface area contributed by atoms with Gasteiger partial charge < -0.3 is 0 Å². The Labute approximate surface area is 130 Å². The number of hydrogen-bond acceptors (Lipinski definition) is 2. The Morgan fingerprint density at radius 3 is 2.30 bits per heavy atom. The first-order valence-electron chi connectivity index (χ1n) is 8.04. The molecule has 1 aromatic carbocycles. The summed E-state index contributed by atoms with van der Waals surface area (Å²) in [5.41, 5.74) is 1.87. The van der Waals surface area contributed by atoms with Gasteiger partial charge in [-0.3, -0.25) is 4.90 Å². The molecule has 0 saturated heterocycles. The van der Waals surface area contributed by atoms with E-state index >= 15 is 0 Å². The molecule has 0 spiro atoms. The third kappa shape index (κ3) is 4.26. The molecule has 1 fully saturated rings. The fourth-order valence-corrected chi connectivity index (χ4v) is 3.75. The average molecular weight is 292 g/mol. The van der Waals surface area contributed by atoms with Gasteiger partial charge in [-0.2, -0.15) is 12.6 Å². The summed E-state index contributed by atoms with van der Waals surface area (Å²) in [6.45, 7) is 6.90. The Balaban J connectivity index is 2.04. The van der Waals surface area contributed by atoms with Crippen LogP contribution in [0.5, 0.6) is 0 Å². The van der Waals surface area contributed by atoms with Gasteiger partial charge in [0.05, 0.1) is 0 Å². The molecule has 0 bridgehead atoms. The zero-order valence-corrected chi connectivity index (χ0v) is 13.9. The van der Waals surface area contributed by atoms with E-state index in [4.69, 9.17) is 12.6 Å². The summed E-state index contributed by atoms with van der Waals surface area (Å²) in [4.78, 5) is 2.64. The zero-order chi connectivity index (χ0) is 14.4. The van der Waals surface area contributed by atoms with Crippen LogP contribution in [0.25, 0.3) is 0 Å². The number of rotatable bonds is 6. The predicted octanol–water partition coefficient (Wildman–Crippen LogP) is 4.78. The fourth-order valence-electron chi connectivity index (χ4n) is 3.34. The van der Waals surface area contributed by atoms with E-state index in [1.807, 2.05) is 0 Å². The lowest BCUT2D eigenvalue weighted by Crippen LogP contribution is -2.43. The Hall–Kier alpha value is -0.470. The lowest BCUT2D eigenvalue weighted by atomic mass is 9.75. The lowest BCUT2D eigenvalue weighted by Gasteiger charge is -2.42. The molecule has 0 unspecified atom stereocenters. The van der Waals surface area contributed by atoms with Crippen LogP contribution in [0.15, 0.2) is 30.3 Å². The number of hydrogen-bond donors (Lipinski definition) is 1. The second-order valence-electron chi connectivity index (χ2n) is 6.70. The maximum absolute atomic E-state index is 4.69. The highest BCUT2D eigenvalue weighted by Crippen LogP contribution is 2.38. The lowest BCUT2D eigenvalue weighted by molar-refractivity contribution is 0.0976. The molecular weight excluding hydrogens is 262 g/mol. The summed E-state index contributed by atoms with van der Waals surface area (Å²) in [5.74, 6) is 1.03. The molecule has 0 aromatic heterocycles. The van der Waals surface area contributed by atoms with Crippen LogP contribution < -0.4 is 0 Å². The van der Waals surface area contributed by atoms with Crippen LogP contribution in [-0.2, 0) is 6.54 Å². The summed E-state index contributed by atoms with van der Waals surface area (Å²) in [6, 6.07) is 11.5. The molecular formula is C18H29NS. The molecule has 112 valence electrons. The van der Waals surface area contributed by atoms with Crippen molar-refractivity contribution < 1.29 is 0 Å². The van der Waals surface area contributed by atoms with Crippen molar-refractivity contribution in [2.75, 3.05) is 12.3 Å². The highest BCUT2D eigenvalue weighted by atomic mass is 32.1. The topological polar surface area (TPSA) is 3.24 Å². The molecule has 1 nitrogen and oxygen atoms in total. The van der Waals surface area contributed by atoms with Crippen molar-refractivity contribution in [3.05, 3.63) is 35.9 Å². The van der Waals surface area contributed by atoms with Crippen molar-refractivity contribution in [2.45, 2.75) is 58.5 Å². The highest BCUT2D eigenvalue weighted by molar-refractivity contribution is 7.80. The Morgan fingerprint density at radius 1 is 1.10 bits per heavy atom. The molecule has 20 heavy (non-hydrogen) atoms. The van der Waals surface area contributed by atoms with Crippen molar-refractivity contribution in [1.82, 2.24) is 4.90 Å². The van der Waals surface area contributed by atoms with Gasteiger partial charge in [-0.25, -0.2) is 0 Å². The number of benzene rings is 1. The van der Waals surface area contributed by atoms with Crippen LogP contribution in [0.1, 0.15) is 51.5 Å². The first-order chi connectivity index (χ1) is 9.65. The molecule has 0 atom stereocenters. The third-order valence-corrected chi connectivity index (χ3v) is 5.42. The van der Waals surface area contributed by atoms with Crippen molar-refractivity contribution in [1.29, 1.82) is 0 Å². The average Bonchev–Trinajstić information content (AvgIpc) is 2.48. The molecule has 0 N–H and O–H groups in total. The summed E-state index contributed by atoms with van der Waals surface area (Å²) in [5, 5.41) is 0. The van der Waals surface area contributed by atoms with Gasteiger partial charge in [0.1, 0.15) is 0 Å². The van der Waals surface area contributed by atoms with Gasteiger partial charge in [0.25, 0.3) is 0 Å². The standard InChI is InChI=1S/C18H29NS/c1-16(2)19(13-17-9-5-3-6-10-17)14-18(15-20)11-7-4-8-12-18/h3,5-6,9-10,16,20H,4,7-8,11-15H2,1-2H3. The van der Waals surface area contributed by atoms with Gasteiger partial charge >= 0.3 is 0 Å². The summed E-state index contributed by atoms with van der Waals surface area (Å²) in [7, 11) is 0. The maximum Gasteiger partial charge on any atom is 0.0236 e. The second kappa shape index (κ2) is 7.51. The van der Waals surface area contributed by atoms with Crippen molar-refractivity contribution in [3.8, 4) is 0 Å². The highest BCUT2D eigenvalue weighted by Gasteiger charge is 2.33. The number of thiol groups is 1. The first-order valence-corrected chi connectivity index (χ1v) is 8.67. The van der Waals surface area contributed by atoms with Crippen LogP contribution in [0.3, 0.4) is 0 Å². The molecule has 0 heterocycles. The molecule has 0 radical (unpaired) electrons. The Bertz CT molecular complexity index is 382. The Kier molecular flexibility index (Phi) is 5.98. The molecule has 2 rings (SSSR count). The third-order valence-electron chi connectivity index (χ3n) is 4.75. The quantitative estimate of drug-likeness (QED) is 0.738. The Morgan fingerprint density at radius 2 is 1.75 bits per heavy atom. The molecule has 1 aromatic rings. The van der Waals surface area contributed by atoms with Gasteiger partial charge in [0.15, 0.2) is 0 Å². The fraction of sp³-hybridized carbons (Fsp3) is 0.667. The van der Waals surface area contributed by atoms with E-state index in [1.165, 1.54) is 44.2 Å². The minimum absolute atomic E-state index is 0.445. The SMILES string of the molecule is CC(C)N(Cc1ccccc1)CC1(CS)CCCCC1. The van der Waals surface area contributed by atoms with Crippen molar-refractivity contribution >= 4 is 12.6 Å². The molecule has 1 aliphatic carbocycles. The van der Waals surface area contributed by atoms with Crippen LogP contribution >= 0.6 is 12.6 Å². The van der Waals surface area contributed by atoms with E-state index in [-0.39, 0.29) is 0 Å². The number of nitrogens with zero attached hydrogens (tertiary/aromatic N) is 1. The van der Waals surface area contributed by atoms with Gasteiger partial charge in [0, 0.05) is 19.1 Å². The first kappa shape index (κ1) is 15.9. The summed E-state index contributed by atoms with van der Waals surface area (Å²) in [6.07, 6.45) is 6.90. The van der Waals surface area contributed by atoms with Gasteiger partial charge in [-0.1, -0.05) is 49.6 Å². The normalized spacial score (nSPS) is 18.6.